The van der Waals surface area contributed by atoms with Crippen molar-refractivity contribution < 1.29 is 18.3 Å². The molecule has 2 aromatic carbocycles. The first-order chi connectivity index (χ1) is 12.5. The minimum absolute atomic E-state index is 0.00357. The molecule has 1 aliphatic heterocycles. The van der Waals surface area contributed by atoms with E-state index in [1.54, 1.807) is 17.0 Å². The van der Waals surface area contributed by atoms with Crippen LogP contribution in [0.2, 0.25) is 0 Å². The number of rotatable bonds is 5. The molecule has 4 nitrogen and oxygen atoms in total. The lowest BCUT2D eigenvalue weighted by molar-refractivity contribution is -0.0499. The normalized spacial score (nSPS) is 15.3. The first kappa shape index (κ1) is 18.3. The highest BCUT2D eigenvalue weighted by Crippen LogP contribution is 2.18. The van der Waals surface area contributed by atoms with Crippen LogP contribution in [0, 0.1) is 6.92 Å². The van der Waals surface area contributed by atoms with Gasteiger partial charge in [-0.1, -0.05) is 35.9 Å². The summed E-state index contributed by atoms with van der Waals surface area (Å²) in [6, 6.07) is 14.4. The first-order valence-corrected chi connectivity index (χ1v) is 8.63. The summed E-state index contributed by atoms with van der Waals surface area (Å²) in [5, 5.41) is 0. The van der Waals surface area contributed by atoms with Crippen molar-refractivity contribution in [1.82, 2.24) is 9.80 Å². The predicted molar refractivity (Wildman–Crippen MR) is 95.4 cm³/mol. The standard InChI is InChI=1S/C20H22F2N2O2/c1-15-5-7-16(8-6-15)14-23-9-11-24(12-10-23)19(25)17-3-2-4-18(13-17)26-20(21)22/h2-8,13,20H,9-12,14H2,1H3. The largest absolute Gasteiger partial charge is 0.435 e. The molecule has 1 saturated heterocycles. The maximum Gasteiger partial charge on any atom is 0.387 e. The summed E-state index contributed by atoms with van der Waals surface area (Å²) in [6.45, 7) is 2.83. The molecule has 0 atom stereocenters. The Morgan fingerprint density at radius 1 is 1.08 bits per heavy atom. The Balaban J connectivity index is 1.55. The van der Waals surface area contributed by atoms with Gasteiger partial charge in [-0.2, -0.15) is 8.78 Å². The van der Waals surface area contributed by atoms with E-state index in [0.29, 0.717) is 18.7 Å². The van der Waals surface area contributed by atoms with Crippen molar-refractivity contribution in [3.8, 4) is 5.75 Å². The number of carbonyl (C=O) groups is 1. The van der Waals surface area contributed by atoms with E-state index >= 15 is 0 Å². The Labute approximate surface area is 152 Å². The van der Waals surface area contributed by atoms with Crippen LogP contribution < -0.4 is 4.74 Å². The maximum atomic E-state index is 12.6. The summed E-state index contributed by atoms with van der Waals surface area (Å²) in [6.07, 6.45) is 0. The molecule has 1 fully saturated rings. The second-order valence-corrected chi connectivity index (χ2v) is 6.46. The molecule has 6 heteroatoms. The third-order valence-corrected chi connectivity index (χ3v) is 4.49. The molecule has 0 N–H and O–H groups in total. The van der Waals surface area contributed by atoms with Gasteiger partial charge >= 0.3 is 6.61 Å². The smallest absolute Gasteiger partial charge is 0.387 e. The van der Waals surface area contributed by atoms with Gasteiger partial charge in [-0.3, -0.25) is 9.69 Å². The fraction of sp³-hybridized carbons (Fsp3) is 0.350. The molecule has 1 amide bonds. The van der Waals surface area contributed by atoms with Gasteiger partial charge < -0.3 is 9.64 Å². The second kappa shape index (κ2) is 8.27. The minimum atomic E-state index is -2.90. The Bertz CT molecular complexity index is 742. The summed E-state index contributed by atoms with van der Waals surface area (Å²) >= 11 is 0. The number of piperazine rings is 1. The molecule has 26 heavy (non-hydrogen) atoms. The maximum absolute atomic E-state index is 12.6. The number of hydrogen-bond donors (Lipinski definition) is 0. The molecule has 0 aliphatic carbocycles. The predicted octanol–water partition coefficient (Wildman–Crippen LogP) is 3.55. The van der Waals surface area contributed by atoms with Crippen LogP contribution >= 0.6 is 0 Å². The van der Waals surface area contributed by atoms with Crippen molar-refractivity contribution >= 4 is 5.91 Å². The lowest BCUT2D eigenvalue weighted by Crippen LogP contribution is -2.48. The summed E-state index contributed by atoms with van der Waals surface area (Å²) in [7, 11) is 0. The number of ether oxygens (including phenoxy) is 1. The fourth-order valence-corrected chi connectivity index (χ4v) is 3.05. The minimum Gasteiger partial charge on any atom is -0.435 e. The van der Waals surface area contributed by atoms with Crippen LogP contribution in [0.4, 0.5) is 8.78 Å². The van der Waals surface area contributed by atoms with Gasteiger partial charge in [0.05, 0.1) is 0 Å². The molecule has 0 aromatic heterocycles. The molecular weight excluding hydrogens is 338 g/mol. The average molecular weight is 360 g/mol. The summed E-state index contributed by atoms with van der Waals surface area (Å²) in [4.78, 5) is 16.7. The highest BCUT2D eigenvalue weighted by Gasteiger charge is 2.22. The fourth-order valence-electron chi connectivity index (χ4n) is 3.05. The molecule has 1 heterocycles. The topological polar surface area (TPSA) is 32.8 Å². The number of hydrogen-bond acceptors (Lipinski definition) is 3. The zero-order valence-corrected chi connectivity index (χ0v) is 14.7. The van der Waals surface area contributed by atoms with Crippen LogP contribution in [-0.2, 0) is 6.54 Å². The lowest BCUT2D eigenvalue weighted by atomic mass is 10.1. The number of carbonyl (C=O) groups excluding carboxylic acids is 1. The highest BCUT2D eigenvalue weighted by molar-refractivity contribution is 5.94. The Morgan fingerprint density at radius 3 is 2.42 bits per heavy atom. The SMILES string of the molecule is Cc1ccc(CN2CCN(C(=O)c3cccc(OC(F)F)c3)CC2)cc1. The monoisotopic (exact) mass is 360 g/mol. The van der Waals surface area contributed by atoms with Crippen molar-refractivity contribution in [3.63, 3.8) is 0 Å². The number of halogens is 2. The number of amides is 1. The van der Waals surface area contributed by atoms with E-state index in [2.05, 4.69) is 40.8 Å². The third-order valence-electron chi connectivity index (χ3n) is 4.49. The number of aryl methyl sites for hydroxylation is 1. The quantitative estimate of drug-likeness (QED) is 0.817. The molecule has 0 bridgehead atoms. The molecule has 1 aliphatic rings. The van der Waals surface area contributed by atoms with Crippen LogP contribution in [0.5, 0.6) is 5.75 Å². The van der Waals surface area contributed by atoms with Gasteiger partial charge in [0.25, 0.3) is 5.91 Å². The van der Waals surface area contributed by atoms with Crippen molar-refractivity contribution in [1.29, 1.82) is 0 Å². The van der Waals surface area contributed by atoms with E-state index < -0.39 is 6.61 Å². The molecule has 0 spiro atoms. The molecule has 0 unspecified atom stereocenters. The van der Waals surface area contributed by atoms with E-state index in [0.717, 1.165) is 19.6 Å². The van der Waals surface area contributed by atoms with Gasteiger partial charge in [0.15, 0.2) is 0 Å². The lowest BCUT2D eigenvalue weighted by Gasteiger charge is -2.34. The van der Waals surface area contributed by atoms with Crippen molar-refractivity contribution in [2.75, 3.05) is 26.2 Å². The van der Waals surface area contributed by atoms with Gasteiger partial charge in [0, 0.05) is 38.3 Å². The van der Waals surface area contributed by atoms with E-state index in [4.69, 9.17) is 0 Å². The number of alkyl halides is 2. The second-order valence-electron chi connectivity index (χ2n) is 6.46. The van der Waals surface area contributed by atoms with Crippen LogP contribution in [0.1, 0.15) is 21.5 Å². The summed E-state index contributed by atoms with van der Waals surface area (Å²) in [5.41, 5.74) is 2.87. The van der Waals surface area contributed by atoms with E-state index in [1.165, 1.54) is 23.3 Å². The van der Waals surface area contributed by atoms with Crippen LogP contribution in [-0.4, -0.2) is 48.5 Å². The van der Waals surface area contributed by atoms with Crippen molar-refractivity contribution in [2.45, 2.75) is 20.1 Å². The Morgan fingerprint density at radius 2 is 1.77 bits per heavy atom. The van der Waals surface area contributed by atoms with Crippen LogP contribution in [0.15, 0.2) is 48.5 Å². The van der Waals surface area contributed by atoms with Gasteiger partial charge in [0.2, 0.25) is 0 Å². The van der Waals surface area contributed by atoms with Gasteiger partial charge in [-0.05, 0) is 30.7 Å². The van der Waals surface area contributed by atoms with Gasteiger partial charge in [0.1, 0.15) is 5.75 Å². The zero-order valence-electron chi connectivity index (χ0n) is 14.7. The molecule has 2 aromatic rings. The molecule has 0 saturated carbocycles. The molecule has 138 valence electrons. The number of nitrogens with zero attached hydrogens (tertiary/aromatic N) is 2. The van der Waals surface area contributed by atoms with Crippen LogP contribution in [0.25, 0.3) is 0 Å². The van der Waals surface area contributed by atoms with E-state index in [1.807, 2.05) is 0 Å². The third kappa shape index (κ3) is 4.79. The van der Waals surface area contributed by atoms with E-state index in [9.17, 15) is 13.6 Å². The van der Waals surface area contributed by atoms with Crippen LogP contribution in [0.3, 0.4) is 0 Å². The highest BCUT2D eigenvalue weighted by atomic mass is 19.3. The van der Waals surface area contributed by atoms with Crippen molar-refractivity contribution in [2.24, 2.45) is 0 Å². The van der Waals surface area contributed by atoms with Gasteiger partial charge in [-0.25, -0.2) is 0 Å². The average Bonchev–Trinajstić information content (AvgIpc) is 2.63. The molecular formula is C20H22F2N2O2. The molecule has 0 radical (unpaired) electrons. The van der Waals surface area contributed by atoms with E-state index in [-0.39, 0.29) is 11.7 Å². The summed E-state index contributed by atoms with van der Waals surface area (Å²) in [5.74, 6) is -0.149. The summed E-state index contributed by atoms with van der Waals surface area (Å²) < 4.78 is 29.0. The van der Waals surface area contributed by atoms with Crippen molar-refractivity contribution in [3.05, 3.63) is 65.2 Å². The molecule has 3 rings (SSSR count). The Kier molecular flexibility index (Phi) is 5.83. The van der Waals surface area contributed by atoms with Gasteiger partial charge in [-0.15, -0.1) is 0 Å². The number of benzene rings is 2. The first-order valence-electron chi connectivity index (χ1n) is 8.63. The zero-order chi connectivity index (χ0) is 18.5. The Hall–Kier alpha value is -2.47.